The maximum atomic E-state index is 11.5. The average molecular weight is 393 g/mol. The molecule has 1 amide bonds. The number of carbonyl (C=O) groups excluding carboxylic acids is 1. The molecule has 1 aliphatic rings. The van der Waals surface area contributed by atoms with Crippen LogP contribution in [0, 0.1) is 0 Å². The highest BCUT2D eigenvalue weighted by molar-refractivity contribution is 5.72. The molecule has 0 saturated heterocycles. The van der Waals surface area contributed by atoms with E-state index in [1.165, 1.54) is 70.6 Å². The summed E-state index contributed by atoms with van der Waals surface area (Å²) < 4.78 is 0.813. The summed E-state index contributed by atoms with van der Waals surface area (Å²) in [7, 11) is 0. The third-order valence-corrected chi connectivity index (χ3v) is 6.15. The van der Waals surface area contributed by atoms with Crippen LogP contribution >= 0.6 is 0 Å². The van der Waals surface area contributed by atoms with Crippen LogP contribution in [0.1, 0.15) is 105 Å². The van der Waals surface area contributed by atoms with Crippen LogP contribution in [-0.2, 0) is 4.79 Å². The smallest absolute Gasteiger partial charge is 0.221 e. The molecule has 0 aromatic carbocycles. The van der Waals surface area contributed by atoms with Crippen molar-refractivity contribution in [3.05, 3.63) is 24.6 Å². The summed E-state index contributed by atoms with van der Waals surface area (Å²) in [4.78, 5) is 11.5. The van der Waals surface area contributed by atoms with Crippen LogP contribution < -0.4 is 10.6 Å². The van der Waals surface area contributed by atoms with Crippen LogP contribution in [0.15, 0.2) is 24.6 Å². The highest BCUT2D eigenvalue weighted by atomic mass is 16.1. The Balaban J connectivity index is 2.10. The molecule has 28 heavy (non-hydrogen) atoms. The minimum atomic E-state index is 0.0509. The van der Waals surface area contributed by atoms with Gasteiger partial charge in [0.25, 0.3) is 0 Å². The van der Waals surface area contributed by atoms with Gasteiger partial charge in [0, 0.05) is 20.3 Å². The van der Waals surface area contributed by atoms with E-state index in [-0.39, 0.29) is 12.1 Å². The molecule has 0 aliphatic carbocycles. The fourth-order valence-corrected chi connectivity index (χ4v) is 4.39. The van der Waals surface area contributed by atoms with Gasteiger partial charge in [-0.2, -0.15) is 0 Å². The molecule has 0 aromatic heterocycles. The standard InChI is InChI=1S/C24H45N3O/c1-5-7-8-9-10-11-12-13-14-15-16-17-18-19-24-25-20-21-27(24,6-2)22(3)26-23(4)28/h7-8,20-22,24-25H,5-6,9-19H2,1-4H3/p+1/b8-7+. The van der Waals surface area contributed by atoms with Crippen LogP contribution in [0.4, 0.5) is 0 Å². The third kappa shape index (κ3) is 8.81. The second kappa shape index (κ2) is 14.7. The number of nitrogens with one attached hydrogen (secondary N) is 2. The van der Waals surface area contributed by atoms with E-state index in [9.17, 15) is 4.79 Å². The minimum Gasteiger partial charge on any atom is -0.338 e. The number of allylic oxidation sites excluding steroid dienone is 2. The van der Waals surface area contributed by atoms with Gasteiger partial charge in [-0.25, -0.2) is 0 Å². The number of unbranched alkanes of at least 4 members (excludes halogenated alkanes) is 9. The Hall–Kier alpha value is -1.29. The van der Waals surface area contributed by atoms with Crippen molar-refractivity contribution in [3.8, 4) is 0 Å². The summed E-state index contributed by atoms with van der Waals surface area (Å²) in [6.07, 6.45) is 25.2. The van der Waals surface area contributed by atoms with Gasteiger partial charge < -0.3 is 10.6 Å². The van der Waals surface area contributed by atoms with E-state index in [4.69, 9.17) is 0 Å². The molecule has 4 nitrogen and oxygen atoms in total. The first-order chi connectivity index (χ1) is 13.6. The van der Waals surface area contributed by atoms with Crippen LogP contribution in [0.3, 0.4) is 0 Å². The van der Waals surface area contributed by atoms with E-state index in [2.05, 4.69) is 56.0 Å². The molecule has 0 bridgehead atoms. The molecule has 0 fully saturated rings. The van der Waals surface area contributed by atoms with E-state index in [1.807, 2.05) is 0 Å². The molecule has 3 atom stereocenters. The topological polar surface area (TPSA) is 41.1 Å². The molecule has 4 heteroatoms. The van der Waals surface area contributed by atoms with Crippen LogP contribution in [0.2, 0.25) is 0 Å². The van der Waals surface area contributed by atoms with Crippen LogP contribution in [0.5, 0.6) is 0 Å². The van der Waals surface area contributed by atoms with Gasteiger partial charge in [0.2, 0.25) is 5.91 Å². The predicted molar refractivity (Wildman–Crippen MR) is 120 cm³/mol. The van der Waals surface area contributed by atoms with Gasteiger partial charge in [-0.3, -0.25) is 9.28 Å². The summed E-state index contributed by atoms with van der Waals surface area (Å²) in [6, 6.07) is 0. The molecule has 1 aliphatic heterocycles. The van der Waals surface area contributed by atoms with Crippen molar-refractivity contribution in [2.75, 3.05) is 6.54 Å². The Kier molecular flexibility index (Phi) is 13.0. The van der Waals surface area contributed by atoms with Crippen LogP contribution in [-0.4, -0.2) is 29.3 Å². The van der Waals surface area contributed by atoms with Gasteiger partial charge in [-0.1, -0.05) is 64.0 Å². The Morgan fingerprint density at radius 2 is 1.64 bits per heavy atom. The van der Waals surface area contributed by atoms with Crippen molar-refractivity contribution >= 4 is 5.91 Å². The second-order valence-corrected chi connectivity index (χ2v) is 8.32. The minimum absolute atomic E-state index is 0.0509. The highest BCUT2D eigenvalue weighted by Gasteiger charge is 2.41. The van der Waals surface area contributed by atoms with E-state index in [1.54, 1.807) is 6.92 Å². The number of nitrogens with zero attached hydrogens (tertiary/aromatic N) is 1. The monoisotopic (exact) mass is 392 g/mol. The van der Waals surface area contributed by atoms with Crippen molar-refractivity contribution in [1.29, 1.82) is 0 Å². The quantitative estimate of drug-likeness (QED) is 0.193. The van der Waals surface area contributed by atoms with E-state index >= 15 is 0 Å². The second-order valence-electron chi connectivity index (χ2n) is 8.32. The molecule has 0 radical (unpaired) electrons. The summed E-state index contributed by atoms with van der Waals surface area (Å²) >= 11 is 0. The zero-order chi connectivity index (χ0) is 20.7. The molecule has 162 valence electrons. The zero-order valence-electron chi connectivity index (χ0n) is 19.0. The number of hydrogen-bond donors (Lipinski definition) is 2. The summed E-state index contributed by atoms with van der Waals surface area (Å²) in [5.74, 6) is 0.0509. The molecule has 2 N–H and O–H groups in total. The van der Waals surface area contributed by atoms with E-state index in [0.29, 0.717) is 6.17 Å². The molecular weight excluding hydrogens is 346 g/mol. The van der Waals surface area contributed by atoms with Crippen molar-refractivity contribution in [1.82, 2.24) is 10.6 Å². The number of hydrogen-bond acceptors (Lipinski definition) is 2. The lowest BCUT2D eigenvalue weighted by atomic mass is 10.0. The maximum Gasteiger partial charge on any atom is 0.221 e. The average Bonchev–Trinajstić information content (AvgIpc) is 3.09. The van der Waals surface area contributed by atoms with Gasteiger partial charge in [-0.15, -0.1) is 0 Å². The van der Waals surface area contributed by atoms with Gasteiger partial charge in [-0.05, 0) is 32.6 Å². The Bertz CT molecular complexity index is 474. The fraction of sp³-hybridized carbons (Fsp3) is 0.792. The summed E-state index contributed by atoms with van der Waals surface area (Å²) in [5, 5.41) is 6.63. The summed E-state index contributed by atoms with van der Waals surface area (Å²) in [5.41, 5.74) is 0. The van der Waals surface area contributed by atoms with E-state index < -0.39 is 0 Å². The maximum absolute atomic E-state index is 11.5. The highest BCUT2D eigenvalue weighted by Crippen LogP contribution is 2.26. The molecular formula is C24H46N3O+. The lowest BCUT2D eigenvalue weighted by molar-refractivity contribution is -0.923. The Morgan fingerprint density at radius 3 is 2.21 bits per heavy atom. The fourth-order valence-electron chi connectivity index (χ4n) is 4.39. The molecule has 3 unspecified atom stereocenters. The molecule has 0 spiro atoms. The van der Waals surface area contributed by atoms with Crippen molar-refractivity contribution < 1.29 is 9.28 Å². The first-order valence-corrected chi connectivity index (χ1v) is 11.8. The molecule has 0 aromatic rings. The molecule has 0 saturated carbocycles. The molecule has 1 rings (SSSR count). The largest absolute Gasteiger partial charge is 0.338 e. The Morgan fingerprint density at radius 1 is 1.04 bits per heavy atom. The van der Waals surface area contributed by atoms with E-state index in [0.717, 1.165) is 17.4 Å². The van der Waals surface area contributed by atoms with Gasteiger partial charge in [0.05, 0.1) is 12.7 Å². The lowest BCUT2D eigenvalue weighted by Crippen LogP contribution is -2.62. The van der Waals surface area contributed by atoms with Gasteiger partial charge in [0.15, 0.2) is 12.3 Å². The SMILES string of the molecule is CC/C=C/CCCCCCCCCCCC1NC=C[N+]1(CC)C(C)NC(C)=O. The van der Waals surface area contributed by atoms with Crippen molar-refractivity contribution in [2.45, 2.75) is 117 Å². The predicted octanol–water partition coefficient (Wildman–Crippen LogP) is 5.96. The number of amides is 1. The number of rotatable bonds is 16. The van der Waals surface area contributed by atoms with Crippen LogP contribution in [0.25, 0.3) is 0 Å². The zero-order valence-corrected chi connectivity index (χ0v) is 19.0. The van der Waals surface area contributed by atoms with Gasteiger partial charge >= 0.3 is 0 Å². The first-order valence-electron chi connectivity index (χ1n) is 11.8. The van der Waals surface area contributed by atoms with Crippen molar-refractivity contribution in [2.24, 2.45) is 0 Å². The Labute approximate surface area is 174 Å². The first kappa shape index (κ1) is 24.7. The van der Waals surface area contributed by atoms with Gasteiger partial charge in [0.1, 0.15) is 6.20 Å². The normalized spacial score (nSPS) is 22.5. The molecule has 1 heterocycles. The third-order valence-electron chi connectivity index (χ3n) is 6.15. The number of carbonyl (C=O) groups is 1. The summed E-state index contributed by atoms with van der Waals surface area (Å²) in [6.45, 7) is 9.12. The lowest BCUT2D eigenvalue weighted by Gasteiger charge is -2.41. The number of quaternary nitrogens is 1. The van der Waals surface area contributed by atoms with Crippen molar-refractivity contribution in [3.63, 3.8) is 0 Å².